The van der Waals surface area contributed by atoms with E-state index in [0.717, 1.165) is 24.2 Å². The van der Waals surface area contributed by atoms with E-state index >= 15 is 0 Å². The lowest BCUT2D eigenvalue weighted by molar-refractivity contribution is 0.0896. The lowest BCUT2D eigenvalue weighted by atomic mass is 10.2. The normalized spacial score (nSPS) is 15.6. The first kappa shape index (κ1) is 15.1. The monoisotopic (exact) mass is 319 g/mol. The van der Waals surface area contributed by atoms with Gasteiger partial charge in [0.2, 0.25) is 0 Å². The number of para-hydroxylation sites is 1. The Hall–Kier alpha value is -1.85. The molecule has 0 bridgehead atoms. The van der Waals surface area contributed by atoms with Crippen LogP contribution in [0, 0.1) is 12.8 Å². The largest absolute Gasteiger partial charge is 0.391 e. The van der Waals surface area contributed by atoms with E-state index in [-0.39, 0.29) is 12.5 Å². The van der Waals surface area contributed by atoms with Gasteiger partial charge in [-0.3, -0.25) is 4.79 Å². The molecule has 116 valence electrons. The molecule has 1 aromatic heterocycles. The summed E-state index contributed by atoms with van der Waals surface area (Å²) >= 11 is 6.17. The zero-order valence-corrected chi connectivity index (χ0v) is 13.0. The number of hydrogen-bond acceptors (Lipinski definition) is 3. The summed E-state index contributed by atoms with van der Waals surface area (Å²) in [5.74, 6) is 0.0522. The predicted molar refractivity (Wildman–Crippen MR) is 84.4 cm³/mol. The first-order valence-corrected chi connectivity index (χ1v) is 7.72. The fraction of sp³-hybridized carbons (Fsp3) is 0.375. The minimum atomic E-state index is -0.462. The molecule has 6 heteroatoms. The summed E-state index contributed by atoms with van der Waals surface area (Å²) in [6, 6.07) is 9.05. The topological polar surface area (TPSA) is 67.2 Å². The van der Waals surface area contributed by atoms with Crippen molar-refractivity contribution < 1.29 is 9.90 Å². The van der Waals surface area contributed by atoms with E-state index in [1.54, 1.807) is 16.8 Å². The Labute approximate surface area is 133 Å². The highest BCUT2D eigenvalue weighted by atomic mass is 35.5. The van der Waals surface area contributed by atoms with Crippen LogP contribution in [0.5, 0.6) is 0 Å². The summed E-state index contributed by atoms with van der Waals surface area (Å²) in [5, 5.41) is 17.4. The number of aliphatic hydroxyl groups excluding tert-OH is 1. The Kier molecular flexibility index (Phi) is 4.18. The maximum absolute atomic E-state index is 12.1. The van der Waals surface area contributed by atoms with Crippen LogP contribution in [0.4, 0.5) is 0 Å². The molecule has 1 aromatic carbocycles. The molecule has 0 radical (unpaired) electrons. The first-order chi connectivity index (χ1) is 10.6. The van der Waals surface area contributed by atoms with Crippen molar-refractivity contribution in [2.75, 3.05) is 6.54 Å². The summed E-state index contributed by atoms with van der Waals surface area (Å²) in [6.07, 6.45) is 1.62. The van der Waals surface area contributed by atoms with E-state index in [0.29, 0.717) is 16.6 Å². The van der Waals surface area contributed by atoms with E-state index in [4.69, 9.17) is 11.6 Å². The second-order valence-electron chi connectivity index (χ2n) is 5.65. The molecule has 1 aliphatic carbocycles. The number of halogens is 1. The number of amides is 1. The fourth-order valence-corrected chi connectivity index (χ4v) is 2.60. The summed E-state index contributed by atoms with van der Waals surface area (Å²) in [5.41, 5.74) is 1.88. The number of benzene rings is 1. The Morgan fingerprint density at radius 1 is 1.50 bits per heavy atom. The molecule has 0 spiro atoms. The number of nitrogens with one attached hydrogen (secondary N) is 1. The van der Waals surface area contributed by atoms with Crippen LogP contribution >= 0.6 is 11.6 Å². The molecule has 1 saturated carbocycles. The van der Waals surface area contributed by atoms with Crippen LogP contribution in [-0.2, 0) is 0 Å². The van der Waals surface area contributed by atoms with Crippen molar-refractivity contribution in [2.45, 2.75) is 25.9 Å². The van der Waals surface area contributed by atoms with E-state index < -0.39 is 6.10 Å². The minimum absolute atomic E-state index is 0.265. The molecule has 3 rings (SSSR count). The van der Waals surface area contributed by atoms with Gasteiger partial charge in [-0.2, -0.15) is 5.10 Å². The molecule has 0 unspecified atom stereocenters. The Morgan fingerprint density at radius 2 is 2.23 bits per heavy atom. The first-order valence-electron chi connectivity index (χ1n) is 7.34. The van der Waals surface area contributed by atoms with Crippen molar-refractivity contribution in [3.05, 3.63) is 46.7 Å². The van der Waals surface area contributed by atoms with Crippen molar-refractivity contribution in [1.82, 2.24) is 15.1 Å². The summed E-state index contributed by atoms with van der Waals surface area (Å²) in [4.78, 5) is 12.1. The van der Waals surface area contributed by atoms with Crippen LogP contribution in [-0.4, -0.2) is 33.4 Å². The zero-order chi connectivity index (χ0) is 15.7. The van der Waals surface area contributed by atoms with Crippen LogP contribution in [0.15, 0.2) is 30.3 Å². The number of aryl methyl sites for hydroxylation is 1. The van der Waals surface area contributed by atoms with Crippen molar-refractivity contribution >= 4 is 17.5 Å². The number of hydrogen-bond donors (Lipinski definition) is 2. The van der Waals surface area contributed by atoms with Crippen LogP contribution < -0.4 is 5.32 Å². The highest BCUT2D eigenvalue weighted by Crippen LogP contribution is 2.32. The summed E-state index contributed by atoms with van der Waals surface area (Å²) in [7, 11) is 0. The molecule has 0 aliphatic heterocycles. The molecule has 1 fully saturated rings. The third kappa shape index (κ3) is 3.15. The van der Waals surface area contributed by atoms with Gasteiger partial charge >= 0.3 is 0 Å². The molecule has 1 amide bonds. The minimum Gasteiger partial charge on any atom is -0.391 e. The van der Waals surface area contributed by atoms with Crippen LogP contribution in [0.1, 0.15) is 29.0 Å². The van der Waals surface area contributed by atoms with Gasteiger partial charge in [-0.05, 0) is 43.9 Å². The predicted octanol–water partition coefficient (Wildman–Crippen LogP) is 2.33. The number of carbonyl (C=O) groups is 1. The number of carbonyl (C=O) groups excluding carboxylic acids is 1. The molecule has 5 nitrogen and oxygen atoms in total. The molecule has 1 heterocycles. The molecule has 22 heavy (non-hydrogen) atoms. The SMILES string of the molecule is Cc1cc(C(=O)NC[C@@H](O)C2CC2)nn1-c1ccccc1Cl. The number of rotatable bonds is 5. The highest BCUT2D eigenvalue weighted by Gasteiger charge is 2.30. The van der Waals surface area contributed by atoms with Gasteiger partial charge in [-0.25, -0.2) is 4.68 Å². The van der Waals surface area contributed by atoms with Crippen molar-refractivity contribution in [1.29, 1.82) is 0 Å². The Bertz CT molecular complexity index is 694. The summed E-state index contributed by atoms with van der Waals surface area (Å²) < 4.78 is 1.65. The quantitative estimate of drug-likeness (QED) is 0.889. The highest BCUT2D eigenvalue weighted by molar-refractivity contribution is 6.32. The lowest BCUT2D eigenvalue weighted by Crippen LogP contribution is -2.33. The second kappa shape index (κ2) is 6.10. The van der Waals surface area contributed by atoms with Crippen molar-refractivity contribution in [2.24, 2.45) is 5.92 Å². The van der Waals surface area contributed by atoms with Gasteiger partial charge in [0.1, 0.15) is 0 Å². The third-order valence-electron chi connectivity index (χ3n) is 3.84. The van der Waals surface area contributed by atoms with Gasteiger partial charge in [-0.1, -0.05) is 23.7 Å². The van der Waals surface area contributed by atoms with E-state index in [1.165, 1.54) is 0 Å². The van der Waals surface area contributed by atoms with E-state index in [9.17, 15) is 9.90 Å². The van der Waals surface area contributed by atoms with Gasteiger partial charge in [0.05, 0.1) is 16.8 Å². The van der Waals surface area contributed by atoms with Gasteiger partial charge in [-0.15, -0.1) is 0 Å². The molecular weight excluding hydrogens is 302 g/mol. The average molecular weight is 320 g/mol. The molecule has 1 atom stereocenters. The van der Waals surface area contributed by atoms with E-state index in [1.807, 2.05) is 25.1 Å². The molecule has 2 aromatic rings. The van der Waals surface area contributed by atoms with Crippen molar-refractivity contribution in [3.63, 3.8) is 0 Å². The van der Waals surface area contributed by atoms with E-state index in [2.05, 4.69) is 10.4 Å². The van der Waals surface area contributed by atoms with Gasteiger partial charge < -0.3 is 10.4 Å². The van der Waals surface area contributed by atoms with Crippen LogP contribution in [0.25, 0.3) is 5.69 Å². The van der Waals surface area contributed by atoms with Gasteiger partial charge in [0.15, 0.2) is 5.69 Å². The van der Waals surface area contributed by atoms with Crippen molar-refractivity contribution in [3.8, 4) is 5.69 Å². The Balaban J connectivity index is 1.74. The molecular formula is C16H18ClN3O2. The molecule has 2 N–H and O–H groups in total. The third-order valence-corrected chi connectivity index (χ3v) is 4.16. The standard InChI is InChI=1S/C16H18ClN3O2/c1-10-8-13(16(22)18-9-15(21)11-6-7-11)19-20(10)14-5-3-2-4-12(14)17/h2-5,8,11,15,21H,6-7,9H2,1H3,(H,18,22)/t15-/m1/s1. The summed E-state index contributed by atoms with van der Waals surface area (Å²) in [6.45, 7) is 2.13. The second-order valence-corrected chi connectivity index (χ2v) is 6.06. The number of aromatic nitrogens is 2. The molecule has 0 saturated heterocycles. The maximum atomic E-state index is 12.1. The molecule has 1 aliphatic rings. The number of nitrogens with zero attached hydrogens (tertiary/aromatic N) is 2. The smallest absolute Gasteiger partial charge is 0.271 e. The fourth-order valence-electron chi connectivity index (χ4n) is 2.39. The zero-order valence-electron chi connectivity index (χ0n) is 12.3. The van der Waals surface area contributed by atoms with Gasteiger partial charge in [0, 0.05) is 12.2 Å². The average Bonchev–Trinajstić information content (AvgIpc) is 3.28. The maximum Gasteiger partial charge on any atom is 0.271 e. The lowest BCUT2D eigenvalue weighted by Gasteiger charge is -2.09. The van der Waals surface area contributed by atoms with Crippen LogP contribution in [0.2, 0.25) is 5.02 Å². The Morgan fingerprint density at radius 3 is 2.91 bits per heavy atom. The number of aliphatic hydroxyl groups is 1. The van der Waals surface area contributed by atoms with Crippen LogP contribution in [0.3, 0.4) is 0 Å². The van der Waals surface area contributed by atoms with Gasteiger partial charge in [0.25, 0.3) is 5.91 Å².